The molecule has 0 unspecified atom stereocenters. The number of carbonyl (C=O) groups excluding carboxylic acids is 1. The van der Waals surface area contributed by atoms with E-state index in [1.165, 1.54) is 30.3 Å². The van der Waals surface area contributed by atoms with Gasteiger partial charge in [0, 0.05) is 15.9 Å². The molecule has 8 heteroatoms. The molecule has 0 N–H and O–H groups in total. The van der Waals surface area contributed by atoms with Crippen molar-refractivity contribution in [3.8, 4) is 5.75 Å². The van der Waals surface area contributed by atoms with E-state index in [4.69, 9.17) is 9.15 Å². The summed E-state index contributed by atoms with van der Waals surface area (Å²) in [5, 5.41) is 11.9. The van der Waals surface area contributed by atoms with Gasteiger partial charge < -0.3 is 9.15 Å². The number of esters is 1. The number of nitro benzene ring substituents is 1. The summed E-state index contributed by atoms with van der Waals surface area (Å²) in [5.74, 6) is -1.05. The zero-order valence-electron chi connectivity index (χ0n) is 12.8. The molecule has 1 heterocycles. The van der Waals surface area contributed by atoms with Crippen LogP contribution in [0.3, 0.4) is 0 Å². The van der Waals surface area contributed by atoms with Crippen molar-refractivity contribution in [1.29, 1.82) is 0 Å². The van der Waals surface area contributed by atoms with Crippen LogP contribution in [0, 0.1) is 17.0 Å². The highest BCUT2D eigenvalue weighted by Gasteiger charge is 2.25. The Bertz CT molecular complexity index is 1060. The van der Waals surface area contributed by atoms with Gasteiger partial charge in [-0.3, -0.25) is 10.1 Å². The van der Waals surface area contributed by atoms with E-state index >= 15 is 0 Å². The first kappa shape index (κ1) is 16.8. The van der Waals surface area contributed by atoms with E-state index in [0.29, 0.717) is 10.9 Å². The zero-order valence-corrected chi connectivity index (χ0v) is 14.4. The highest BCUT2D eigenvalue weighted by atomic mass is 79.9. The molecule has 0 fully saturated rings. The number of hydrogen-bond donors (Lipinski definition) is 0. The van der Waals surface area contributed by atoms with E-state index in [2.05, 4.69) is 15.9 Å². The predicted molar refractivity (Wildman–Crippen MR) is 93.0 cm³/mol. The number of carbonyl (C=O) groups is 1. The largest absolute Gasteiger partial charge is 0.415 e. The average molecular weight is 404 g/mol. The first-order chi connectivity index (χ1) is 11.9. The third-order valence-corrected chi connectivity index (χ3v) is 4.05. The maximum Gasteiger partial charge on any atom is 0.354 e. The first-order valence-corrected chi connectivity index (χ1v) is 7.85. The van der Waals surface area contributed by atoms with E-state index in [0.717, 1.165) is 4.47 Å². The second-order valence-corrected chi connectivity index (χ2v) is 6.11. The Morgan fingerprint density at radius 1 is 1.20 bits per heavy atom. The van der Waals surface area contributed by atoms with Crippen molar-refractivity contribution in [1.82, 2.24) is 0 Å². The fourth-order valence-electron chi connectivity index (χ4n) is 2.35. The fourth-order valence-corrected chi connectivity index (χ4v) is 2.62. The number of halogens is 1. The SMILES string of the molecule is Cc1cc(=O)oc2c([N+](=O)[O-])c(OC(=O)c3ccc(Br)cc3)ccc12. The summed E-state index contributed by atoms with van der Waals surface area (Å²) in [6.45, 7) is 1.64. The molecule has 2 aromatic carbocycles. The summed E-state index contributed by atoms with van der Waals surface area (Å²) in [7, 11) is 0. The third-order valence-electron chi connectivity index (χ3n) is 3.52. The van der Waals surface area contributed by atoms with Gasteiger partial charge in [0.15, 0.2) is 0 Å². The molecule has 0 aliphatic rings. The van der Waals surface area contributed by atoms with E-state index in [1.54, 1.807) is 19.1 Å². The van der Waals surface area contributed by atoms with Gasteiger partial charge in [0.1, 0.15) is 0 Å². The van der Waals surface area contributed by atoms with Gasteiger partial charge in [-0.05, 0) is 48.9 Å². The molecule has 3 rings (SSSR count). The number of benzene rings is 2. The zero-order chi connectivity index (χ0) is 18.1. The van der Waals surface area contributed by atoms with Crippen molar-refractivity contribution in [2.24, 2.45) is 0 Å². The lowest BCUT2D eigenvalue weighted by Gasteiger charge is -2.07. The molecule has 1 aromatic heterocycles. The molecule has 3 aromatic rings. The topological polar surface area (TPSA) is 99.7 Å². The first-order valence-electron chi connectivity index (χ1n) is 7.06. The van der Waals surface area contributed by atoms with E-state index in [9.17, 15) is 19.7 Å². The number of fused-ring (bicyclic) bond motifs is 1. The van der Waals surface area contributed by atoms with Crippen molar-refractivity contribution in [2.45, 2.75) is 6.92 Å². The van der Waals surface area contributed by atoms with Crippen molar-refractivity contribution in [2.75, 3.05) is 0 Å². The molecule has 0 saturated heterocycles. The van der Waals surface area contributed by atoms with Crippen LogP contribution in [0.25, 0.3) is 11.0 Å². The van der Waals surface area contributed by atoms with Crippen LogP contribution in [0.5, 0.6) is 5.75 Å². The van der Waals surface area contributed by atoms with Gasteiger partial charge in [-0.1, -0.05) is 15.9 Å². The van der Waals surface area contributed by atoms with Gasteiger partial charge in [0.05, 0.1) is 10.5 Å². The lowest BCUT2D eigenvalue weighted by atomic mass is 10.1. The number of nitro groups is 1. The molecule has 0 saturated carbocycles. The molecule has 0 spiro atoms. The van der Waals surface area contributed by atoms with Gasteiger partial charge in [-0.2, -0.15) is 0 Å². The van der Waals surface area contributed by atoms with Crippen molar-refractivity contribution >= 4 is 38.6 Å². The molecule has 0 radical (unpaired) electrons. The molecule has 7 nitrogen and oxygen atoms in total. The Morgan fingerprint density at radius 3 is 2.52 bits per heavy atom. The lowest BCUT2D eigenvalue weighted by Crippen LogP contribution is -2.10. The summed E-state index contributed by atoms with van der Waals surface area (Å²) >= 11 is 3.25. The Hall–Kier alpha value is -3.00. The minimum atomic E-state index is -0.759. The van der Waals surface area contributed by atoms with Crippen LogP contribution in [0.1, 0.15) is 15.9 Å². The normalized spacial score (nSPS) is 10.6. The highest BCUT2D eigenvalue weighted by Crippen LogP contribution is 2.36. The van der Waals surface area contributed by atoms with Gasteiger partial charge in [0.25, 0.3) is 0 Å². The molecule has 0 aliphatic heterocycles. The number of ether oxygens (including phenoxy) is 1. The van der Waals surface area contributed by atoms with Gasteiger partial charge in [-0.15, -0.1) is 0 Å². The maximum atomic E-state index is 12.2. The average Bonchev–Trinajstić information content (AvgIpc) is 2.54. The molecule has 25 heavy (non-hydrogen) atoms. The van der Waals surface area contributed by atoms with Gasteiger partial charge in [-0.25, -0.2) is 9.59 Å². The van der Waals surface area contributed by atoms with Crippen LogP contribution in [0.2, 0.25) is 0 Å². The predicted octanol–water partition coefficient (Wildman–Crippen LogP) is 3.99. The highest BCUT2D eigenvalue weighted by molar-refractivity contribution is 9.10. The molecular weight excluding hydrogens is 394 g/mol. The van der Waals surface area contributed by atoms with Gasteiger partial charge in [0.2, 0.25) is 11.3 Å². The molecule has 0 aliphatic carbocycles. The second-order valence-electron chi connectivity index (χ2n) is 5.19. The Kier molecular flexibility index (Phi) is 4.37. The maximum absolute atomic E-state index is 12.2. The standard InChI is InChI=1S/C17H10BrNO6/c1-9-8-14(20)25-16-12(9)6-7-13(15(16)19(22)23)24-17(21)10-2-4-11(18)5-3-10/h2-8H,1H3. The summed E-state index contributed by atoms with van der Waals surface area (Å²) < 4.78 is 10.9. The van der Waals surface area contributed by atoms with Crippen molar-refractivity contribution in [3.05, 3.63) is 78.6 Å². The molecule has 0 bridgehead atoms. The summed E-state index contributed by atoms with van der Waals surface area (Å²) in [5.41, 5.74) is -0.757. The number of nitrogens with zero attached hydrogens (tertiary/aromatic N) is 1. The molecule has 0 atom stereocenters. The minimum Gasteiger partial charge on any atom is -0.415 e. The van der Waals surface area contributed by atoms with E-state index in [1.807, 2.05) is 0 Å². The smallest absolute Gasteiger partial charge is 0.354 e. The third kappa shape index (κ3) is 3.29. The molecule has 126 valence electrons. The van der Waals surface area contributed by atoms with Crippen LogP contribution in [0.15, 0.2) is 56.1 Å². The van der Waals surface area contributed by atoms with Gasteiger partial charge >= 0.3 is 17.3 Å². The van der Waals surface area contributed by atoms with E-state index in [-0.39, 0.29) is 16.9 Å². The lowest BCUT2D eigenvalue weighted by molar-refractivity contribution is -0.384. The van der Waals surface area contributed by atoms with E-state index < -0.39 is 22.2 Å². The molecular formula is C17H10BrNO6. The van der Waals surface area contributed by atoms with Crippen molar-refractivity contribution in [3.63, 3.8) is 0 Å². The second kappa shape index (κ2) is 6.48. The monoisotopic (exact) mass is 403 g/mol. The molecule has 0 amide bonds. The Morgan fingerprint density at radius 2 is 1.88 bits per heavy atom. The summed E-state index contributed by atoms with van der Waals surface area (Å²) in [6, 6.07) is 10.4. The van der Waals surface area contributed by atoms with Crippen LogP contribution in [-0.4, -0.2) is 10.9 Å². The summed E-state index contributed by atoms with van der Waals surface area (Å²) in [4.78, 5) is 34.5. The van der Waals surface area contributed by atoms with Crippen LogP contribution >= 0.6 is 15.9 Å². The minimum absolute atomic E-state index is 0.225. The number of hydrogen-bond acceptors (Lipinski definition) is 6. The Balaban J connectivity index is 2.11. The number of aryl methyl sites for hydroxylation is 1. The summed E-state index contributed by atoms with van der Waals surface area (Å²) in [6.07, 6.45) is 0. The quantitative estimate of drug-likeness (QED) is 0.215. The van der Waals surface area contributed by atoms with Crippen molar-refractivity contribution < 1.29 is 18.9 Å². The van der Waals surface area contributed by atoms with Crippen LogP contribution < -0.4 is 10.4 Å². The number of rotatable bonds is 3. The van der Waals surface area contributed by atoms with Crippen LogP contribution in [-0.2, 0) is 0 Å². The fraction of sp³-hybridized carbons (Fsp3) is 0.0588. The van der Waals surface area contributed by atoms with Crippen LogP contribution in [0.4, 0.5) is 5.69 Å². The Labute approximate surface area is 149 Å².